The molecule has 4 aromatic rings. The van der Waals surface area contributed by atoms with Gasteiger partial charge in [0.15, 0.2) is 6.61 Å². The third-order valence-corrected chi connectivity index (χ3v) is 8.78. The van der Waals surface area contributed by atoms with Crippen LogP contribution in [0, 0.1) is 11.6 Å². The predicted molar refractivity (Wildman–Crippen MR) is 167 cm³/mol. The summed E-state index contributed by atoms with van der Waals surface area (Å²) in [5.74, 6) is -1.64. The predicted octanol–water partition coefficient (Wildman–Crippen LogP) is 5.21. The maximum absolute atomic E-state index is 13.8. The lowest BCUT2D eigenvalue weighted by Gasteiger charge is -2.32. The van der Waals surface area contributed by atoms with E-state index in [9.17, 15) is 26.8 Å². The van der Waals surface area contributed by atoms with Crippen LogP contribution in [0.4, 0.5) is 14.5 Å². The van der Waals surface area contributed by atoms with E-state index in [1.54, 1.807) is 42.5 Å². The van der Waals surface area contributed by atoms with E-state index in [2.05, 4.69) is 10.0 Å². The topological polar surface area (TPSA) is 114 Å². The molecule has 46 heavy (non-hydrogen) atoms. The van der Waals surface area contributed by atoms with Gasteiger partial charge < -0.3 is 19.7 Å². The van der Waals surface area contributed by atoms with Gasteiger partial charge in [-0.2, -0.15) is 0 Å². The van der Waals surface area contributed by atoms with Crippen molar-refractivity contribution in [1.29, 1.82) is 0 Å². The first kappa shape index (κ1) is 32.6. The number of sulfonamides is 1. The summed E-state index contributed by atoms with van der Waals surface area (Å²) in [6.07, 6.45) is 1.63. The van der Waals surface area contributed by atoms with Crippen LogP contribution in [-0.4, -0.2) is 51.0 Å². The lowest BCUT2D eigenvalue weighted by molar-refractivity contribution is -0.143. The Kier molecular flexibility index (Phi) is 10.6. The minimum Gasteiger partial charge on any atom is -0.484 e. The number of rotatable bonds is 13. The van der Waals surface area contributed by atoms with E-state index in [4.69, 9.17) is 9.47 Å². The van der Waals surface area contributed by atoms with Gasteiger partial charge >= 0.3 is 0 Å². The molecule has 0 spiro atoms. The van der Waals surface area contributed by atoms with E-state index in [0.717, 1.165) is 25.0 Å². The molecule has 4 aromatic carbocycles. The van der Waals surface area contributed by atoms with Crippen LogP contribution in [0.5, 0.6) is 5.75 Å². The molecule has 1 fully saturated rings. The molecule has 1 heterocycles. The summed E-state index contributed by atoms with van der Waals surface area (Å²) in [4.78, 5) is 28.8. The van der Waals surface area contributed by atoms with E-state index >= 15 is 0 Å². The SMILES string of the molecule is O=C(NCC1CCCO1)C(c1ccccc1)N(Cc1ccc(F)cc1)C(=O)COc1ccc(S(=O)(=O)Nc2ccc(F)cc2)cc1. The molecule has 2 unspecified atom stereocenters. The highest BCUT2D eigenvalue weighted by atomic mass is 32.2. The summed E-state index contributed by atoms with van der Waals surface area (Å²) in [7, 11) is -3.97. The molecule has 2 N–H and O–H groups in total. The van der Waals surface area contributed by atoms with Gasteiger partial charge in [-0.05, 0) is 84.6 Å². The van der Waals surface area contributed by atoms with E-state index in [1.807, 2.05) is 0 Å². The highest BCUT2D eigenvalue weighted by molar-refractivity contribution is 7.92. The summed E-state index contributed by atoms with van der Waals surface area (Å²) in [6.45, 7) is 0.445. The normalized spacial score (nSPS) is 15.1. The first-order valence-corrected chi connectivity index (χ1v) is 16.2. The molecule has 2 amide bonds. The van der Waals surface area contributed by atoms with Crippen LogP contribution < -0.4 is 14.8 Å². The van der Waals surface area contributed by atoms with Crippen molar-refractivity contribution in [3.05, 3.63) is 126 Å². The number of hydrogen-bond acceptors (Lipinski definition) is 6. The second-order valence-electron chi connectivity index (χ2n) is 10.7. The van der Waals surface area contributed by atoms with Crippen molar-refractivity contribution in [3.63, 3.8) is 0 Å². The standard InChI is InChI=1S/C34H33F2N3O6S/c35-26-10-8-24(9-11-26)22-39(33(25-5-2-1-3-6-25)34(41)37-21-30-7-4-20-44-30)32(40)23-45-29-16-18-31(19-17-29)46(42,43)38-28-14-12-27(36)13-15-28/h1-3,5-6,8-19,30,33,38H,4,7,20-23H2,(H,37,41). The van der Waals surface area contributed by atoms with Gasteiger partial charge in [0.25, 0.3) is 15.9 Å². The average Bonchev–Trinajstić information content (AvgIpc) is 3.59. The maximum atomic E-state index is 13.8. The first-order chi connectivity index (χ1) is 22.2. The van der Waals surface area contributed by atoms with Crippen molar-refractivity contribution in [2.24, 2.45) is 0 Å². The number of anilines is 1. The van der Waals surface area contributed by atoms with Crippen LogP contribution in [0.25, 0.3) is 0 Å². The number of carbonyl (C=O) groups excluding carboxylic acids is 2. The fourth-order valence-corrected chi connectivity index (χ4v) is 6.07. The smallest absolute Gasteiger partial charge is 0.261 e. The number of halogens is 2. The molecule has 9 nitrogen and oxygen atoms in total. The molecule has 1 saturated heterocycles. The average molecular weight is 650 g/mol. The Labute approximate surface area is 266 Å². The summed E-state index contributed by atoms with van der Waals surface area (Å²) in [5, 5.41) is 2.93. The fourth-order valence-electron chi connectivity index (χ4n) is 5.01. The lowest BCUT2D eigenvalue weighted by atomic mass is 10.0. The Hall–Kier alpha value is -4.81. The molecule has 0 saturated carbocycles. The van der Waals surface area contributed by atoms with Crippen molar-refractivity contribution in [1.82, 2.24) is 10.2 Å². The second-order valence-corrected chi connectivity index (χ2v) is 12.4. The van der Waals surface area contributed by atoms with Gasteiger partial charge in [0.05, 0.1) is 11.0 Å². The molecule has 0 radical (unpaired) electrons. The molecule has 5 rings (SSSR count). The number of nitrogens with one attached hydrogen (secondary N) is 2. The van der Waals surface area contributed by atoms with E-state index in [-0.39, 0.29) is 29.0 Å². The minimum atomic E-state index is -3.97. The van der Waals surface area contributed by atoms with E-state index < -0.39 is 46.1 Å². The van der Waals surface area contributed by atoms with E-state index in [1.165, 1.54) is 53.4 Å². The number of hydrogen-bond donors (Lipinski definition) is 2. The zero-order valence-corrected chi connectivity index (χ0v) is 25.6. The Balaban J connectivity index is 1.33. The quantitative estimate of drug-likeness (QED) is 0.206. The Morgan fingerprint density at radius 1 is 0.891 bits per heavy atom. The van der Waals surface area contributed by atoms with Gasteiger partial charge in [-0.25, -0.2) is 17.2 Å². The summed E-state index contributed by atoms with van der Waals surface area (Å²) >= 11 is 0. The van der Waals surface area contributed by atoms with Crippen LogP contribution in [0.2, 0.25) is 0 Å². The van der Waals surface area contributed by atoms with Crippen LogP contribution in [-0.2, 0) is 30.9 Å². The molecule has 0 bridgehead atoms. The molecule has 2 atom stereocenters. The van der Waals surface area contributed by atoms with Gasteiger partial charge in [-0.1, -0.05) is 42.5 Å². The highest BCUT2D eigenvalue weighted by Gasteiger charge is 2.32. The second kappa shape index (κ2) is 15.0. The number of benzene rings is 4. The van der Waals surface area contributed by atoms with Crippen molar-refractivity contribution < 1.29 is 36.3 Å². The third kappa shape index (κ3) is 8.67. The Morgan fingerprint density at radius 3 is 2.17 bits per heavy atom. The zero-order chi connectivity index (χ0) is 32.5. The molecule has 0 aromatic heterocycles. The molecular formula is C34H33F2N3O6S. The summed E-state index contributed by atoms with van der Waals surface area (Å²) in [6, 6.07) is 23.8. The minimum absolute atomic E-state index is 0.0123. The van der Waals surface area contributed by atoms with Crippen molar-refractivity contribution >= 4 is 27.5 Å². The Bertz CT molecular complexity index is 1720. The van der Waals surface area contributed by atoms with Gasteiger partial charge in [-0.15, -0.1) is 0 Å². The molecule has 240 valence electrons. The molecular weight excluding hydrogens is 616 g/mol. The number of nitrogens with zero attached hydrogens (tertiary/aromatic N) is 1. The first-order valence-electron chi connectivity index (χ1n) is 14.7. The molecule has 1 aliphatic heterocycles. The maximum Gasteiger partial charge on any atom is 0.261 e. The van der Waals surface area contributed by atoms with Crippen LogP contribution in [0.1, 0.15) is 30.0 Å². The van der Waals surface area contributed by atoms with Gasteiger partial charge in [0.1, 0.15) is 23.4 Å². The molecule has 0 aliphatic carbocycles. The van der Waals surface area contributed by atoms with Crippen molar-refractivity contribution in [3.8, 4) is 5.75 Å². The number of carbonyl (C=O) groups is 2. The fraction of sp³-hybridized carbons (Fsp3) is 0.235. The van der Waals surface area contributed by atoms with Crippen molar-refractivity contribution in [2.75, 3.05) is 24.5 Å². The van der Waals surface area contributed by atoms with Gasteiger partial charge in [-0.3, -0.25) is 14.3 Å². The van der Waals surface area contributed by atoms with E-state index in [0.29, 0.717) is 24.3 Å². The summed E-state index contributed by atoms with van der Waals surface area (Å²) < 4.78 is 66.2. The zero-order valence-electron chi connectivity index (χ0n) is 24.8. The number of amides is 2. The third-order valence-electron chi connectivity index (χ3n) is 7.38. The van der Waals surface area contributed by atoms with Gasteiger partial charge in [0.2, 0.25) is 5.91 Å². The van der Waals surface area contributed by atoms with Gasteiger partial charge in [0, 0.05) is 25.4 Å². The van der Waals surface area contributed by atoms with Crippen LogP contribution >= 0.6 is 0 Å². The highest BCUT2D eigenvalue weighted by Crippen LogP contribution is 2.26. The number of ether oxygens (including phenoxy) is 2. The van der Waals surface area contributed by atoms with Crippen molar-refractivity contribution in [2.45, 2.75) is 36.4 Å². The molecule has 1 aliphatic rings. The largest absolute Gasteiger partial charge is 0.484 e. The summed E-state index contributed by atoms with van der Waals surface area (Å²) in [5.41, 5.74) is 1.37. The monoisotopic (exact) mass is 649 g/mol. The Morgan fingerprint density at radius 2 is 1.54 bits per heavy atom. The van der Waals surface area contributed by atoms with Crippen LogP contribution in [0.15, 0.2) is 108 Å². The van der Waals surface area contributed by atoms with Crippen LogP contribution in [0.3, 0.4) is 0 Å². The lowest BCUT2D eigenvalue weighted by Crippen LogP contribution is -2.46. The molecule has 12 heteroatoms.